The molecule has 0 unspecified atom stereocenters. The Balaban J connectivity index is 0. The molecule has 0 aliphatic rings. The Bertz CT molecular complexity index is 143. The Labute approximate surface area is 106 Å². The minimum Gasteiger partial charge on any atom is -0.748 e. The standard InChI is InChI=1S/C3H7BrO3S.K/c4-2-1-3-8(5,6)7;/h1-3H2,(H,5,6,7);/q;+1/p-1. The first kappa shape index (κ1) is 13.6. The average molecular weight is 241 g/mol. The summed E-state index contributed by atoms with van der Waals surface area (Å²) in [6, 6.07) is 0. The molecule has 0 aromatic heterocycles. The molecule has 0 bridgehead atoms. The summed E-state index contributed by atoms with van der Waals surface area (Å²) in [5.74, 6) is -0.266. The molecule has 0 spiro atoms. The van der Waals surface area contributed by atoms with Gasteiger partial charge in [0.05, 0.1) is 10.1 Å². The molecule has 0 radical (unpaired) electrons. The third-order valence-corrected chi connectivity index (χ3v) is 1.88. The van der Waals surface area contributed by atoms with Gasteiger partial charge in [0.1, 0.15) is 0 Å². The van der Waals surface area contributed by atoms with E-state index in [0.717, 1.165) is 0 Å². The first-order valence-corrected chi connectivity index (χ1v) is 4.75. The second-order valence-electron chi connectivity index (χ2n) is 1.30. The van der Waals surface area contributed by atoms with Gasteiger partial charge in [-0.25, -0.2) is 8.42 Å². The van der Waals surface area contributed by atoms with Crippen LogP contribution >= 0.6 is 15.9 Å². The van der Waals surface area contributed by atoms with Crippen LogP contribution < -0.4 is 51.4 Å². The van der Waals surface area contributed by atoms with Crippen LogP contribution in [0.4, 0.5) is 0 Å². The number of hydrogen-bond donors (Lipinski definition) is 0. The number of hydrogen-bond acceptors (Lipinski definition) is 3. The number of alkyl halides is 1. The quantitative estimate of drug-likeness (QED) is 0.307. The summed E-state index contributed by atoms with van der Waals surface area (Å²) in [5.41, 5.74) is 0. The summed E-state index contributed by atoms with van der Waals surface area (Å²) in [6.45, 7) is 0. The third kappa shape index (κ3) is 13.1. The van der Waals surface area contributed by atoms with E-state index < -0.39 is 10.1 Å². The summed E-state index contributed by atoms with van der Waals surface area (Å²) in [4.78, 5) is 0. The van der Waals surface area contributed by atoms with E-state index in [1.807, 2.05) is 0 Å². The molecule has 0 saturated heterocycles. The van der Waals surface area contributed by atoms with Crippen LogP contribution in [0.3, 0.4) is 0 Å². The van der Waals surface area contributed by atoms with Gasteiger partial charge in [0.15, 0.2) is 0 Å². The van der Waals surface area contributed by atoms with Crippen molar-refractivity contribution in [1.82, 2.24) is 0 Å². The van der Waals surface area contributed by atoms with E-state index in [9.17, 15) is 13.0 Å². The van der Waals surface area contributed by atoms with E-state index >= 15 is 0 Å². The normalized spacial score (nSPS) is 10.4. The van der Waals surface area contributed by atoms with Crippen LogP contribution in [0.15, 0.2) is 0 Å². The van der Waals surface area contributed by atoms with Gasteiger partial charge in [0.2, 0.25) is 0 Å². The van der Waals surface area contributed by atoms with Gasteiger partial charge < -0.3 is 4.55 Å². The smallest absolute Gasteiger partial charge is 0.748 e. The van der Waals surface area contributed by atoms with Gasteiger partial charge >= 0.3 is 51.4 Å². The van der Waals surface area contributed by atoms with Crippen molar-refractivity contribution >= 4 is 26.0 Å². The van der Waals surface area contributed by atoms with Crippen LogP contribution in [0.1, 0.15) is 6.42 Å². The van der Waals surface area contributed by atoms with Gasteiger partial charge in [0.25, 0.3) is 0 Å². The molecule has 0 fully saturated rings. The van der Waals surface area contributed by atoms with E-state index in [1.54, 1.807) is 0 Å². The van der Waals surface area contributed by atoms with E-state index in [0.29, 0.717) is 11.8 Å². The Morgan fingerprint density at radius 3 is 2.00 bits per heavy atom. The van der Waals surface area contributed by atoms with Crippen molar-refractivity contribution in [2.24, 2.45) is 0 Å². The topological polar surface area (TPSA) is 57.2 Å². The van der Waals surface area contributed by atoms with Gasteiger partial charge in [-0.2, -0.15) is 0 Å². The van der Waals surface area contributed by atoms with Crippen molar-refractivity contribution in [3.05, 3.63) is 0 Å². The molecule has 0 atom stereocenters. The molecule has 0 heterocycles. The van der Waals surface area contributed by atoms with Gasteiger partial charge in [-0.3, -0.25) is 0 Å². The third-order valence-electron chi connectivity index (χ3n) is 0.528. The largest absolute Gasteiger partial charge is 1.00 e. The predicted molar refractivity (Wildman–Crippen MR) is 33.0 cm³/mol. The molecule has 9 heavy (non-hydrogen) atoms. The van der Waals surface area contributed by atoms with Crippen molar-refractivity contribution < 1.29 is 64.4 Å². The van der Waals surface area contributed by atoms with E-state index in [-0.39, 0.29) is 57.1 Å². The van der Waals surface area contributed by atoms with Crippen molar-refractivity contribution in [3.63, 3.8) is 0 Å². The molecule has 0 rings (SSSR count). The monoisotopic (exact) mass is 240 g/mol. The van der Waals surface area contributed by atoms with Crippen LogP contribution in [-0.4, -0.2) is 24.1 Å². The molecular formula is C3H6BrKO3S. The van der Waals surface area contributed by atoms with Crippen LogP contribution in [0.2, 0.25) is 0 Å². The van der Waals surface area contributed by atoms with Gasteiger partial charge in [0, 0.05) is 11.1 Å². The Hall–Kier alpha value is 2.03. The van der Waals surface area contributed by atoms with Crippen LogP contribution in [0.5, 0.6) is 0 Å². The number of rotatable bonds is 3. The molecule has 0 aromatic rings. The molecule has 0 aliphatic carbocycles. The molecule has 0 aliphatic heterocycles. The molecule has 0 saturated carbocycles. The zero-order chi connectivity index (χ0) is 6.62. The first-order chi connectivity index (χ1) is 3.56. The Morgan fingerprint density at radius 2 is 1.89 bits per heavy atom. The molecule has 50 valence electrons. The van der Waals surface area contributed by atoms with E-state index in [4.69, 9.17) is 0 Å². The van der Waals surface area contributed by atoms with Gasteiger partial charge in [-0.05, 0) is 6.42 Å². The second kappa shape index (κ2) is 6.72. The first-order valence-electron chi connectivity index (χ1n) is 2.06. The van der Waals surface area contributed by atoms with Crippen molar-refractivity contribution in [2.45, 2.75) is 6.42 Å². The molecular weight excluding hydrogens is 235 g/mol. The van der Waals surface area contributed by atoms with Crippen LogP contribution in [0.25, 0.3) is 0 Å². The maximum atomic E-state index is 9.81. The zero-order valence-electron chi connectivity index (χ0n) is 5.13. The van der Waals surface area contributed by atoms with Crippen molar-refractivity contribution in [1.29, 1.82) is 0 Å². The average Bonchev–Trinajstić information content (AvgIpc) is 1.59. The fraction of sp³-hybridized carbons (Fsp3) is 1.00. The maximum Gasteiger partial charge on any atom is 1.00 e. The summed E-state index contributed by atoms with van der Waals surface area (Å²) >= 11 is 3.00. The Kier molecular flexibility index (Phi) is 10.2. The fourth-order valence-corrected chi connectivity index (χ4v) is 1.38. The van der Waals surface area contributed by atoms with E-state index in [1.165, 1.54) is 0 Å². The minimum absolute atomic E-state index is 0. The number of halogens is 1. The van der Waals surface area contributed by atoms with Crippen LogP contribution in [-0.2, 0) is 10.1 Å². The SMILES string of the molecule is O=S(=O)([O-])CCCBr.[K+]. The summed E-state index contributed by atoms with van der Waals surface area (Å²) in [6.07, 6.45) is 0.395. The molecule has 0 N–H and O–H groups in total. The molecule has 3 nitrogen and oxygen atoms in total. The van der Waals surface area contributed by atoms with Crippen molar-refractivity contribution in [2.75, 3.05) is 11.1 Å². The second-order valence-corrected chi connectivity index (χ2v) is 3.62. The van der Waals surface area contributed by atoms with Gasteiger partial charge in [-0.15, -0.1) is 0 Å². The van der Waals surface area contributed by atoms with E-state index in [2.05, 4.69) is 15.9 Å². The molecule has 0 amide bonds. The summed E-state index contributed by atoms with van der Waals surface area (Å²) < 4.78 is 29.4. The Morgan fingerprint density at radius 1 is 1.44 bits per heavy atom. The fourth-order valence-electron chi connectivity index (χ4n) is 0.231. The maximum absolute atomic E-state index is 9.81. The van der Waals surface area contributed by atoms with Crippen molar-refractivity contribution in [3.8, 4) is 0 Å². The van der Waals surface area contributed by atoms with Crippen LogP contribution in [0, 0.1) is 0 Å². The minimum atomic E-state index is -3.97. The van der Waals surface area contributed by atoms with Gasteiger partial charge in [-0.1, -0.05) is 15.9 Å². The predicted octanol–water partition coefficient (Wildman–Crippen LogP) is -2.68. The summed E-state index contributed by atoms with van der Waals surface area (Å²) in [5, 5.41) is 0.564. The summed E-state index contributed by atoms with van der Waals surface area (Å²) in [7, 11) is -3.97. The molecule has 0 aromatic carbocycles. The zero-order valence-corrected chi connectivity index (χ0v) is 10.7. The molecule has 6 heteroatoms.